The normalized spacial score (nSPS) is 9.00. The van der Waals surface area contributed by atoms with Crippen LogP contribution in [-0.2, 0) is 0 Å². The van der Waals surface area contributed by atoms with E-state index in [1.54, 1.807) is 0 Å². The highest BCUT2D eigenvalue weighted by Crippen LogP contribution is 2.17. The fraction of sp³-hybridized carbons (Fsp3) is 0. The monoisotopic (exact) mass is 229 g/mol. The number of rotatable bonds is 3. The molecule has 0 aromatic heterocycles. The van der Waals surface area contributed by atoms with Crippen LogP contribution in [0.25, 0.3) is 0 Å². The van der Waals surface area contributed by atoms with E-state index in [0.717, 1.165) is 18.2 Å². The predicted molar refractivity (Wildman–Crippen MR) is 50.6 cm³/mol. The summed E-state index contributed by atoms with van der Waals surface area (Å²) >= 11 is 0. The zero-order valence-electron chi connectivity index (χ0n) is 7.71. The number of hydrogen-bond acceptors (Lipinski definition) is 4. The smallest absolute Gasteiger partial charge is 0.335 e. The lowest BCUT2D eigenvalue weighted by Gasteiger charge is -1.98. The summed E-state index contributed by atoms with van der Waals surface area (Å²) in [5, 5.41) is 27.5. The molecule has 0 aliphatic rings. The van der Waals surface area contributed by atoms with Crippen molar-refractivity contribution in [3.63, 3.8) is 0 Å². The topological polar surface area (TPSA) is 149 Å². The second-order valence-corrected chi connectivity index (χ2v) is 2.64. The van der Waals surface area contributed by atoms with E-state index in [9.17, 15) is 19.7 Å². The summed E-state index contributed by atoms with van der Waals surface area (Å²) in [4.78, 5) is 30.6. The van der Waals surface area contributed by atoms with E-state index < -0.39 is 33.7 Å². The Labute approximate surface area is 88.2 Å². The number of non-ortho nitro benzene ring substituents is 1. The SMILES string of the molecule is O.O=C(O)c1cc(C(=O)O)cc([N+](=O)[O-])c1. The molecule has 0 fully saturated rings. The molecular formula is C8H7NO7. The molecule has 8 heteroatoms. The van der Waals surface area contributed by atoms with Gasteiger partial charge in [0.1, 0.15) is 0 Å². The summed E-state index contributed by atoms with van der Waals surface area (Å²) in [6.07, 6.45) is 0. The third-order valence-corrected chi connectivity index (χ3v) is 1.62. The summed E-state index contributed by atoms with van der Waals surface area (Å²) < 4.78 is 0. The van der Waals surface area contributed by atoms with E-state index in [2.05, 4.69) is 0 Å². The van der Waals surface area contributed by atoms with Crippen LogP contribution in [0, 0.1) is 10.1 Å². The molecule has 1 rings (SSSR count). The fourth-order valence-electron chi connectivity index (χ4n) is 0.964. The maximum Gasteiger partial charge on any atom is 0.335 e. The van der Waals surface area contributed by atoms with Crippen molar-refractivity contribution in [1.82, 2.24) is 0 Å². The number of nitro benzene ring substituents is 1. The van der Waals surface area contributed by atoms with Crippen LogP contribution >= 0.6 is 0 Å². The number of benzene rings is 1. The third-order valence-electron chi connectivity index (χ3n) is 1.62. The van der Waals surface area contributed by atoms with Gasteiger partial charge < -0.3 is 15.7 Å². The highest BCUT2D eigenvalue weighted by Gasteiger charge is 2.16. The molecule has 1 aromatic carbocycles. The van der Waals surface area contributed by atoms with Gasteiger partial charge in [0.15, 0.2) is 0 Å². The van der Waals surface area contributed by atoms with Gasteiger partial charge in [-0.15, -0.1) is 0 Å². The molecule has 86 valence electrons. The molecule has 0 aliphatic carbocycles. The first-order valence-electron chi connectivity index (χ1n) is 3.68. The van der Waals surface area contributed by atoms with Crippen molar-refractivity contribution in [1.29, 1.82) is 0 Å². The molecule has 0 saturated heterocycles. The minimum Gasteiger partial charge on any atom is -0.478 e. The van der Waals surface area contributed by atoms with Crippen LogP contribution in [0.1, 0.15) is 20.7 Å². The van der Waals surface area contributed by atoms with Gasteiger partial charge in [0.05, 0.1) is 16.1 Å². The van der Waals surface area contributed by atoms with Gasteiger partial charge in [0.25, 0.3) is 5.69 Å². The second-order valence-electron chi connectivity index (χ2n) is 2.64. The van der Waals surface area contributed by atoms with Gasteiger partial charge in [0, 0.05) is 12.1 Å². The van der Waals surface area contributed by atoms with Crippen molar-refractivity contribution in [3.05, 3.63) is 39.4 Å². The molecule has 1 aromatic rings. The molecule has 4 N–H and O–H groups in total. The Morgan fingerprint density at radius 2 is 1.44 bits per heavy atom. The number of carboxylic acids is 2. The highest BCUT2D eigenvalue weighted by molar-refractivity contribution is 5.94. The van der Waals surface area contributed by atoms with Gasteiger partial charge in [-0.25, -0.2) is 9.59 Å². The lowest BCUT2D eigenvalue weighted by atomic mass is 10.1. The van der Waals surface area contributed by atoms with Crippen molar-refractivity contribution in [3.8, 4) is 0 Å². The molecular weight excluding hydrogens is 222 g/mol. The maximum atomic E-state index is 10.5. The standard InChI is InChI=1S/C8H5NO6.H2O/c10-7(11)4-1-5(8(12)13)3-6(2-4)9(14)15;/h1-3H,(H,10,11)(H,12,13);1H2. The molecule has 0 radical (unpaired) electrons. The lowest BCUT2D eigenvalue weighted by Crippen LogP contribution is -2.04. The zero-order valence-corrected chi connectivity index (χ0v) is 7.71. The van der Waals surface area contributed by atoms with Crippen molar-refractivity contribution in [2.24, 2.45) is 0 Å². The number of carboxylic acid groups (broad SMARTS) is 2. The van der Waals surface area contributed by atoms with E-state index in [4.69, 9.17) is 10.2 Å². The molecule has 16 heavy (non-hydrogen) atoms. The van der Waals surface area contributed by atoms with Crippen LogP contribution in [0.5, 0.6) is 0 Å². The zero-order chi connectivity index (χ0) is 11.6. The molecule has 0 unspecified atom stereocenters. The summed E-state index contributed by atoms with van der Waals surface area (Å²) in [6.45, 7) is 0. The fourth-order valence-corrected chi connectivity index (χ4v) is 0.964. The van der Waals surface area contributed by atoms with E-state index in [1.807, 2.05) is 0 Å². The molecule has 0 spiro atoms. The van der Waals surface area contributed by atoms with Crippen LogP contribution in [0.2, 0.25) is 0 Å². The van der Waals surface area contributed by atoms with Crippen molar-refractivity contribution in [2.75, 3.05) is 0 Å². The van der Waals surface area contributed by atoms with Gasteiger partial charge in [-0.2, -0.15) is 0 Å². The van der Waals surface area contributed by atoms with Gasteiger partial charge in [0.2, 0.25) is 0 Å². The minimum atomic E-state index is -1.42. The van der Waals surface area contributed by atoms with Crippen LogP contribution in [0.4, 0.5) is 5.69 Å². The van der Waals surface area contributed by atoms with E-state index in [0.29, 0.717) is 0 Å². The first kappa shape index (κ1) is 13.5. The van der Waals surface area contributed by atoms with Crippen LogP contribution in [0.3, 0.4) is 0 Å². The quantitative estimate of drug-likeness (QED) is 0.556. The molecule has 0 heterocycles. The van der Waals surface area contributed by atoms with Crippen molar-refractivity contribution >= 4 is 17.6 Å². The average Bonchev–Trinajstić information content (AvgIpc) is 2.16. The number of hydrogen-bond donors (Lipinski definition) is 2. The highest BCUT2D eigenvalue weighted by atomic mass is 16.6. The number of aromatic carboxylic acids is 2. The van der Waals surface area contributed by atoms with Crippen molar-refractivity contribution in [2.45, 2.75) is 0 Å². The van der Waals surface area contributed by atoms with Gasteiger partial charge >= 0.3 is 11.9 Å². The van der Waals surface area contributed by atoms with Crippen LogP contribution in [0.15, 0.2) is 18.2 Å². The van der Waals surface area contributed by atoms with Crippen LogP contribution in [-0.4, -0.2) is 32.6 Å². The maximum absolute atomic E-state index is 10.5. The number of nitro groups is 1. The summed E-state index contributed by atoms with van der Waals surface area (Å²) in [5.74, 6) is -2.83. The Balaban J connectivity index is 0.00000225. The number of carbonyl (C=O) groups is 2. The third kappa shape index (κ3) is 2.75. The minimum absolute atomic E-state index is 0. The molecule has 0 atom stereocenters. The van der Waals surface area contributed by atoms with E-state index in [-0.39, 0.29) is 5.48 Å². The molecule has 0 bridgehead atoms. The van der Waals surface area contributed by atoms with Gasteiger partial charge in [-0.1, -0.05) is 0 Å². The van der Waals surface area contributed by atoms with Gasteiger partial charge in [-0.3, -0.25) is 10.1 Å². The molecule has 8 nitrogen and oxygen atoms in total. The van der Waals surface area contributed by atoms with E-state index in [1.165, 1.54) is 0 Å². The Morgan fingerprint density at radius 3 is 1.69 bits per heavy atom. The Hall–Kier alpha value is -2.48. The molecule has 0 aliphatic heterocycles. The number of nitrogens with zero attached hydrogens (tertiary/aromatic N) is 1. The second kappa shape index (κ2) is 4.84. The summed E-state index contributed by atoms with van der Waals surface area (Å²) in [6, 6.07) is 2.46. The Bertz CT molecular complexity index is 375. The Morgan fingerprint density at radius 1 is 1.06 bits per heavy atom. The summed E-state index contributed by atoms with van der Waals surface area (Å²) in [7, 11) is 0. The predicted octanol–water partition coefficient (Wildman–Crippen LogP) is 0.167. The van der Waals surface area contributed by atoms with Crippen molar-refractivity contribution < 1.29 is 30.2 Å². The van der Waals surface area contributed by atoms with Crippen LogP contribution < -0.4 is 0 Å². The van der Waals surface area contributed by atoms with Gasteiger partial charge in [-0.05, 0) is 6.07 Å². The summed E-state index contributed by atoms with van der Waals surface area (Å²) in [5.41, 5.74) is -1.42. The molecule has 0 saturated carbocycles. The van der Waals surface area contributed by atoms with E-state index >= 15 is 0 Å². The average molecular weight is 229 g/mol. The lowest BCUT2D eigenvalue weighted by molar-refractivity contribution is -0.384. The first-order valence-corrected chi connectivity index (χ1v) is 3.68. The Kier molecular flexibility index (Phi) is 4.09. The largest absolute Gasteiger partial charge is 0.478 e. The first-order chi connectivity index (χ1) is 6.91. The molecule has 0 amide bonds.